The van der Waals surface area contributed by atoms with E-state index in [4.69, 9.17) is 0 Å². The van der Waals surface area contributed by atoms with Gasteiger partial charge in [-0.25, -0.2) is 13.8 Å². The number of benzene rings is 3. The Kier molecular flexibility index (Phi) is 6.46. The van der Waals surface area contributed by atoms with Gasteiger partial charge in [-0.05, 0) is 36.8 Å². The van der Waals surface area contributed by atoms with E-state index in [1.807, 2.05) is 49.4 Å². The number of anilines is 1. The van der Waals surface area contributed by atoms with Gasteiger partial charge in [-0.15, -0.1) is 0 Å². The summed E-state index contributed by atoms with van der Waals surface area (Å²) in [7, 11) is -4.05. The highest BCUT2D eigenvalue weighted by molar-refractivity contribution is 7.92. The lowest BCUT2D eigenvalue weighted by atomic mass is 10.2. The molecule has 3 aromatic carbocycles. The molecule has 7 nitrogen and oxygen atoms in total. The number of pyridine rings is 1. The van der Waals surface area contributed by atoms with Crippen LogP contribution in [-0.4, -0.2) is 32.1 Å². The largest absolute Gasteiger partial charge is 0.271 e. The first kappa shape index (κ1) is 22.2. The number of carbonyl (C=O) groups is 1. The van der Waals surface area contributed by atoms with Gasteiger partial charge in [-0.1, -0.05) is 66.2 Å². The molecule has 1 N–H and O–H groups in total. The highest BCUT2D eigenvalue weighted by Gasteiger charge is 2.28. The zero-order valence-electron chi connectivity index (χ0n) is 17.9. The molecular formula is C25H22N4O3S. The average Bonchev–Trinajstić information content (AvgIpc) is 2.83. The summed E-state index contributed by atoms with van der Waals surface area (Å²) in [5, 5.41) is 4.72. The van der Waals surface area contributed by atoms with Crippen LogP contribution < -0.4 is 9.73 Å². The van der Waals surface area contributed by atoms with Gasteiger partial charge < -0.3 is 0 Å². The van der Waals surface area contributed by atoms with Crippen molar-refractivity contribution in [2.75, 3.05) is 10.8 Å². The number of aromatic nitrogens is 1. The highest BCUT2D eigenvalue weighted by atomic mass is 32.2. The Morgan fingerprint density at radius 1 is 0.970 bits per heavy atom. The number of aryl methyl sites for hydroxylation is 1. The maximum absolute atomic E-state index is 13.6. The van der Waals surface area contributed by atoms with Gasteiger partial charge in [-0.2, -0.15) is 5.10 Å². The highest BCUT2D eigenvalue weighted by Crippen LogP contribution is 2.29. The van der Waals surface area contributed by atoms with E-state index in [2.05, 4.69) is 15.5 Å². The zero-order chi connectivity index (χ0) is 23.3. The van der Waals surface area contributed by atoms with Crippen molar-refractivity contribution in [1.82, 2.24) is 10.4 Å². The topological polar surface area (TPSA) is 91.7 Å². The molecule has 0 saturated heterocycles. The predicted octanol–water partition coefficient (Wildman–Crippen LogP) is 3.89. The Labute approximate surface area is 192 Å². The maximum atomic E-state index is 13.6. The molecule has 1 aromatic heterocycles. The van der Waals surface area contributed by atoms with Crippen molar-refractivity contribution >= 4 is 38.7 Å². The molecule has 0 unspecified atom stereocenters. The van der Waals surface area contributed by atoms with Crippen LogP contribution in [0, 0.1) is 6.92 Å². The molecule has 33 heavy (non-hydrogen) atoms. The number of hydrogen-bond acceptors (Lipinski definition) is 5. The number of rotatable bonds is 7. The van der Waals surface area contributed by atoms with E-state index in [-0.39, 0.29) is 4.90 Å². The van der Waals surface area contributed by atoms with E-state index < -0.39 is 22.5 Å². The quantitative estimate of drug-likeness (QED) is 0.336. The Morgan fingerprint density at radius 2 is 1.70 bits per heavy atom. The first-order valence-corrected chi connectivity index (χ1v) is 11.7. The van der Waals surface area contributed by atoms with E-state index >= 15 is 0 Å². The summed E-state index contributed by atoms with van der Waals surface area (Å²) in [5.74, 6) is -0.578. The number of carbonyl (C=O) groups excluding carboxylic acids is 1. The lowest BCUT2D eigenvalue weighted by molar-refractivity contribution is -0.119. The summed E-state index contributed by atoms with van der Waals surface area (Å²) in [6, 6.07) is 24.6. The van der Waals surface area contributed by atoms with Gasteiger partial charge in [0.05, 0.1) is 22.3 Å². The van der Waals surface area contributed by atoms with Crippen LogP contribution in [0.3, 0.4) is 0 Å². The number of nitrogens with one attached hydrogen (secondary N) is 1. The normalized spacial score (nSPS) is 11.5. The predicted molar refractivity (Wildman–Crippen MR) is 130 cm³/mol. The van der Waals surface area contributed by atoms with Crippen LogP contribution in [-0.2, 0) is 14.8 Å². The first-order valence-electron chi connectivity index (χ1n) is 10.3. The van der Waals surface area contributed by atoms with Crippen molar-refractivity contribution in [2.24, 2.45) is 5.10 Å². The van der Waals surface area contributed by atoms with Crippen LogP contribution in [0.25, 0.3) is 10.9 Å². The smallest absolute Gasteiger partial charge is 0.264 e. The third-order valence-corrected chi connectivity index (χ3v) is 6.75. The van der Waals surface area contributed by atoms with Crippen LogP contribution in [0.2, 0.25) is 0 Å². The Bertz CT molecular complexity index is 1400. The molecule has 0 aliphatic heterocycles. The summed E-state index contributed by atoms with van der Waals surface area (Å²) in [6.45, 7) is 1.42. The molecule has 0 radical (unpaired) electrons. The Hall–Kier alpha value is -4.04. The molecule has 0 aliphatic carbocycles. The van der Waals surface area contributed by atoms with Gasteiger partial charge in [0.25, 0.3) is 15.9 Å². The fourth-order valence-electron chi connectivity index (χ4n) is 3.31. The van der Waals surface area contributed by atoms with Crippen molar-refractivity contribution in [2.45, 2.75) is 11.8 Å². The number of hydrazone groups is 1. The van der Waals surface area contributed by atoms with E-state index in [9.17, 15) is 13.2 Å². The lowest BCUT2D eigenvalue weighted by Crippen LogP contribution is -2.39. The second-order valence-corrected chi connectivity index (χ2v) is 9.24. The van der Waals surface area contributed by atoms with Gasteiger partial charge in [0.1, 0.15) is 6.54 Å². The molecule has 1 amide bonds. The second-order valence-electron chi connectivity index (χ2n) is 7.38. The molecule has 0 spiro atoms. The molecule has 0 atom stereocenters. The average molecular weight is 459 g/mol. The van der Waals surface area contributed by atoms with Crippen molar-refractivity contribution in [1.29, 1.82) is 0 Å². The van der Waals surface area contributed by atoms with Crippen molar-refractivity contribution in [3.63, 3.8) is 0 Å². The summed E-state index contributed by atoms with van der Waals surface area (Å²) in [4.78, 5) is 17.2. The molecular weight excluding hydrogens is 436 g/mol. The summed E-state index contributed by atoms with van der Waals surface area (Å²) < 4.78 is 28.3. The minimum Gasteiger partial charge on any atom is -0.271 e. The summed E-state index contributed by atoms with van der Waals surface area (Å²) in [5.41, 5.74) is 4.95. The standard InChI is InChI=1S/C25H22N4O3S/c1-19-12-14-22(15-13-19)33(31,32)29(23-11-5-9-21-10-6-16-26-25(21)23)18-24(30)28-27-17-20-7-3-2-4-8-20/h2-17H,18H2,1H3,(H,28,30)/b27-17+. The monoisotopic (exact) mass is 458 g/mol. The molecule has 4 rings (SSSR count). The van der Waals surface area contributed by atoms with Gasteiger partial charge in [0.15, 0.2) is 0 Å². The third-order valence-electron chi connectivity index (χ3n) is 4.98. The summed E-state index contributed by atoms with van der Waals surface area (Å²) in [6.07, 6.45) is 3.09. The lowest BCUT2D eigenvalue weighted by Gasteiger charge is -2.24. The molecule has 0 aliphatic rings. The number of hydrogen-bond donors (Lipinski definition) is 1. The molecule has 4 aromatic rings. The van der Waals surface area contributed by atoms with Crippen LogP contribution in [0.5, 0.6) is 0 Å². The Morgan fingerprint density at radius 3 is 2.45 bits per heavy atom. The van der Waals surface area contributed by atoms with Crippen LogP contribution >= 0.6 is 0 Å². The number of para-hydroxylation sites is 1. The van der Waals surface area contributed by atoms with Gasteiger partial charge in [0.2, 0.25) is 0 Å². The minimum atomic E-state index is -4.05. The molecule has 1 heterocycles. The van der Waals surface area contributed by atoms with E-state index in [0.717, 1.165) is 20.8 Å². The number of fused-ring (bicyclic) bond motifs is 1. The fraction of sp³-hybridized carbons (Fsp3) is 0.0800. The molecule has 0 saturated carbocycles. The number of sulfonamides is 1. The van der Waals surface area contributed by atoms with Crippen molar-refractivity contribution < 1.29 is 13.2 Å². The zero-order valence-corrected chi connectivity index (χ0v) is 18.7. The van der Waals surface area contributed by atoms with Crippen molar-refractivity contribution in [3.8, 4) is 0 Å². The van der Waals surface area contributed by atoms with Gasteiger partial charge in [-0.3, -0.25) is 14.1 Å². The summed E-state index contributed by atoms with van der Waals surface area (Å²) >= 11 is 0. The van der Waals surface area contributed by atoms with Crippen molar-refractivity contribution in [3.05, 3.63) is 102 Å². The van der Waals surface area contributed by atoms with Crippen LogP contribution in [0.4, 0.5) is 5.69 Å². The van der Waals surface area contributed by atoms with E-state index in [1.165, 1.54) is 18.3 Å². The van der Waals surface area contributed by atoms with Crippen LogP contribution in [0.15, 0.2) is 101 Å². The molecule has 166 valence electrons. The second kappa shape index (κ2) is 9.62. The van der Waals surface area contributed by atoms with E-state index in [0.29, 0.717) is 11.2 Å². The third kappa shape index (κ3) is 5.07. The maximum Gasteiger partial charge on any atom is 0.264 e. The number of amides is 1. The fourth-order valence-corrected chi connectivity index (χ4v) is 4.74. The van der Waals surface area contributed by atoms with E-state index in [1.54, 1.807) is 36.5 Å². The Balaban J connectivity index is 1.69. The molecule has 8 heteroatoms. The first-order chi connectivity index (χ1) is 15.9. The van der Waals surface area contributed by atoms with Crippen LogP contribution in [0.1, 0.15) is 11.1 Å². The van der Waals surface area contributed by atoms with Gasteiger partial charge >= 0.3 is 0 Å². The van der Waals surface area contributed by atoms with Gasteiger partial charge in [0, 0.05) is 11.6 Å². The number of nitrogens with zero attached hydrogens (tertiary/aromatic N) is 3. The minimum absolute atomic E-state index is 0.0848. The molecule has 0 bridgehead atoms. The molecule has 0 fully saturated rings. The SMILES string of the molecule is Cc1ccc(S(=O)(=O)N(CC(=O)N/N=C/c2ccccc2)c2cccc3cccnc23)cc1.